The van der Waals surface area contributed by atoms with Crippen molar-refractivity contribution in [2.75, 3.05) is 14.2 Å². The van der Waals surface area contributed by atoms with E-state index in [0.29, 0.717) is 36.9 Å². The molecule has 7 heteroatoms. The van der Waals surface area contributed by atoms with Crippen LogP contribution < -0.4 is 15.4 Å². The van der Waals surface area contributed by atoms with Crippen LogP contribution >= 0.6 is 0 Å². The molecule has 126 valence electrons. The number of carboxylic acid groups (broad SMARTS) is 1. The highest BCUT2D eigenvalue weighted by molar-refractivity contribution is 5.92. The quantitative estimate of drug-likeness (QED) is 0.727. The summed E-state index contributed by atoms with van der Waals surface area (Å²) < 4.78 is 5.33. The van der Waals surface area contributed by atoms with Crippen molar-refractivity contribution in [2.24, 2.45) is 5.92 Å². The number of methoxy groups -OCH3 is 1. The van der Waals surface area contributed by atoms with Crippen molar-refractivity contribution >= 4 is 11.9 Å². The van der Waals surface area contributed by atoms with Crippen LogP contribution in [0.4, 0.5) is 0 Å². The summed E-state index contributed by atoms with van der Waals surface area (Å²) >= 11 is 0. The Labute approximate surface area is 135 Å². The molecule has 1 fully saturated rings. The van der Waals surface area contributed by atoms with Crippen LogP contribution in [0.5, 0.6) is 5.75 Å². The fourth-order valence-corrected chi connectivity index (χ4v) is 2.84. The molecule has 3 N–H and O–H groups in total. The van der Waals surface area contributed by atoms with E-state index in [0.717, 1.165) is 18.4 Å². The summed E-state index contributed by atoms with van der Waals surface area (Å²) in [6.07, 6.45) is 4.75. The third-order valence-electron chi connectivity index (χ3n) is 4.28. The van der Waals surface area contributed by atoms with Crippen LogP contribution in [0.2, 0.25) is 0 Å². The van der Waals surface area contributed by atoms with E-state index in [9.17, 15) is 9.59 Å². The number of pyridine rings is 1. The first-order valence-electron chi connectivity index (χ1n) is 7.76. The number of rotatable bonds is 6. The minimum Gasteiger partial charge on any atom is -0.496 e. The van der Waals surface area contributed by atoms with Crippen molar-refractivity contribution in [2.45, 2.75) is 38.3 Å². The summed E-state index contributed by atoms with van der Waals surface area (Å²) in [6, 6.07) is 1.92. The van der Waals surface area contributed by atoms with Crippen molar-refractivity contribution in [1.29, 1.82) is 0 Å². The highest BCUT2D eigenvalue weighted by Crippen LogP contribution is 2.25. The Morgan fingerprint density at radius 1 is 1.35 bits per heavy atom. The van der Waals surface area contributed by atoms with E-state index in [1.54, 1.807) is 26.4 Å². The molecule has 1 aromatic heterocycles. The molecule has 0 saturated heterocycles. The number of aromatic nitrogens is 1. The molecule has 2 rings (SSSR count). The van der Waals surface area contributed by atoms with Crippen LogP contribution in [-0.2, 0) is 11.3 Å². The second kappa shape index (κ2) is 7.92. The van der Waals surface area contributed by atoms with Gasteiger partial charge in [0.2, 0.25) is 0 Å². The molecule has 0 aromatic carbocycles. The van der Waals surface area contributed by atoms with Gasteiger partial charge < -0.3 is 20.5 Å². The zero-order valence-electron chi connectivity index (χ0n) is 13.5. The van der Waals surface area contributed by atoms with Crippen LogP contribution in [0.3, 0.4) is 0 Å². The predicted octanol–water partition coefficient (Wildman–Crippen LogP) is 1.18. The lowest BCUT2D eigenvalue weighted by Crippen LogP contribution is -2.34. The van der Waals surface area contributed by atoms with Gasteiger partial charge in [0.25, 0.3) is 5.91 Å². The molecule has 0 aliphatic heterocycles. The molecule has 1 amide bonds. The number of nitrogens with zero attached hydrogens (tertiary/aromatic N) is 1. The van der Waals surface area contributed by atoms with E-state index in [1.165, 1.54) is 0 Å². The molecular formula is C16H23N3O4. The van der Waals surface area contributed by atoms with Gasteiger partial charge in [-0.3, -0.25) is 14.6 Å². The van der Waals surface area contributed by atoms with Gasteiger partial charge in [-0.2, -0.15) is 0 Å². The summed E-state index contributed by atoms with van der Waals surface area (Å²) in [6.45, 7) is 0.576. The largest absolute Gasteiger partial charge is 0.496 e. The number of carbonyl (C=O) groups is 2. The molecule has 0 unspecified atom stereocenters. The van der Waals surface area contributed by atoms with Crippen LogP contribution in [0, 0.1) is 5.92 Å². The van der Waals surface area contributed by atoms with Crippen LogP contribution in [0.15, 0.2) is 12.3 Å². The second-order valence-corrected chi connectivity index (χ2v) is 5.73. The molecule has 0 atom stereocenters. The maximum Gasteiger partial charge on any atom is 0.306 e. The molecule has 1 saturated carbocycles. The van der Waals surface area contributed by atoms with Gasteiger partial charge in [0.15, 0.2) is 0 Å². The summed E-state index contributed by atoms with van der Waals surface area (Å²) in [7, 11) is 3.12. The van der Waals surface area contributed by atoms with Gasteiger partial charge in [-0.05, 0) is 25.7 Å². The smallest absolute Gasteiger partial charge is 0.306 e. The molecule has 0 radical (unpaired) electrons. The van der Waals surface area contributed by atoms with Crippen LogP contribution in [0.25, 0.3) is 0 Å². The first kappa shape index (κ1) is 17.2. The van der Waals surface area contributed by atoms with Crippen molar-refractivity contribution in [3.63, 3.8) is 0 Å². The van der Waals surface area contributed by atoms with E-state index < -0.39 is 5.97 Å². The highest BCUT2D eigenvalue weighted by Gasteiger charge is 2.25. The Balaban J connectivity index is 1.93. The van der Waals surface area contributed by atoms with E-state index in [4.69, 9.17) is 9.84 Å². The fourth-order valence-electron chi connectivity index (χ4n) is 2.84. The lowest BCUT2D eigenvalue weighted by Gasteiger charge is -2.27. The molecule has 0 spiro atoms. The molecule has 1 heterocycles. The Morgan fingerprint density at radius 3 is 2.61 bits per heavy atom. The Kier molecular flexibility index (Phi) is 5.92. The number of carboxylic acids is 1. The van der Waals surface area contributed by atoms with Gasteiger partial charge >= 0.3 is 5.97 Å². The zero-order valence-corrected chi connectivity index (χ0v) is 13.5. The average molecular weight is 321 g/mol. The van der Waals surface area contributed by atoms with Crippen molar-refractivity contribution in [3.8, 4) is 5.75 Å². The first-order valence-corrected chi connectivity index (χ1v) is 7.76. The normalized spacial score (nSPS) is 20.8. The molecule has 0 bridgehead atoms. The highest BCUT2D eigenvalue weighted by atomic mass is 16.5. The number of hydrogen-bond acceptors (Lipinski definition) is 5. The Bertz CT molecular complexity index is 568. The topological polar surface area (TPSA) is 101 Å². The van der Waals surface area contributed by atoms with Crippen molar-refractivity contribution in [1.82, 2.24) is 15.6 Å². The van der Waals surface area contributed by atoms with Gasteiger partial charge in [0.05, 0.1) is 13.0 Å². The van der Waals surface area contributed by atoms with E-state index in [2.05, 4.69) is 15.6 Å². The molecule has 1 aliphatic carbocycles. The molecule has 1 aliphatic rings. The van der Waals surface area contributed by atoms with E-state index >= 15 is 0 Å². The SMILES string of the molecule is CNC(=O)c1cc(OC)c(CNC2CCC(C(=O)O)CC2)cn1. The van der Waals surface area contributed by atoms with E-state index in [-0.39, 0.29) is 11.8 Å². The minimum absolute atomic E-state index is 0.212. The monoisotopic (exact) mass is 321 g/mol. The van der Waals surface area contributed by atoms with Crippen molar-refractivity contribution in [3.05, 3.63) is 23.5 Å². The number of hydrogen-bond donors (Lipinski definition) is 3. The summed E-state index contributed by atoms with van der Waals surface area (Å²) in [5.41, 5.74) is 1.19. The number of aliphatic carboxylic acids is 1. The Morgan fingerprint density at radius 2 is 2.04 bits per heavy atom. The molecule has 1 aromatic rings. The third-order valence-corrected chi connectivity index (χ3v) is 4.28. The number of carbonyl (C=O) groups excluding carboxylic acids is 1. The van der Waals surface area contributed by atoms with Crippen LogP contribution in [-0.4, -0.2) is 42.2 Å². The summed E-state index contributed by atoms with van der Waals surface area (Å²) in [5, 5.41) is 15.0. The van der Waals surface area contributed by atoms with Gasteiger partial charge in [-0.1, -0.05) is 0 Å². The van der Waals surface area contributed by atoms with Gasteiger partial charge in [-0.15, -0.1) is 0 Å². The maximum absolute atomic E-state index is 11.6. The Hall–Kier alpha value is -2.15. The summed E-state index contributed by atoms with van der Waals surface area (Å²) in [4.78, 5) is 26.7. The lowest BCUT2D eigenvalue weighted by molar-refractivity contribution is -0.142. The van der Waals surface area contributed by atoms with Gasteiger partial charge in [-0.25, -0.2) is 0 Å². The molecular weight excluding hydrogens is 298 g/mol. The maximum atomic E-state index is 11.6. The first-order chi connectivity index (χ1) is 11.0. The fraction of sp³-hybridized carbons (Fsp3) is 0.562. The van der Waals surface area contributed by atoms with Gasteiger partial charge in [0.1, 0.15) is 11.4 Å². The van der Waals surface area contributed by atoms with Gasteiger partial charge in [0, 0.05) is 37.5 Å². The number of amides is 1. The third kappa shape index (κ3) is 4.41. The summed E-state index contributed by atoms with van der Waals surface area (Å²) in [5.74, 6) is -0.546. The van der Waals surface area contributed by atoms with E-state index in [1.807, 2.05) is 0 Å². The second-order valence-electron chi connectivity index (χ2n) is 5.73. The number of ether oxygens (including phenoxy) is 1. The molecule has 23 heavy (non-hydrogen) atoms. The lowest BCUT2D eigenvalue weighted by atomic mass is 9.86. The minimum atomic E-state index is -0.695. The van der Waals surface area contributed by atoms with Crippen LogP contribution in [0.1, 0.15) is 41.7 Å². The standard InChI is InChI=1S/C16H23N3O4/c1-17-15(20)13-7-14(23-2)11(9-19-13)8-18-12-5-3-10(4-6-12)16(21)22/h7,9-10,12,18H,3-6,8H2,1-2H3,(H,17,20)(H,21,22). The average Bonchev–Trinajstić information content (AvgIpc) is 2.59. The molecule has 7 nitrogen and oxygen atoms in total. The predicted molar refractivity (Wildman–Crippen MR) is 84.4 cm³/mol. The zero-order chi connectivity index (χ0) is 16.8. The number of nitrogens with one attached hydrogen (secondary N) is 2. The van der Waals surface area contributed by atoms with Crippen molar-refractivity contribution < 1.29 is 19.4 Å².